The smallest absolute Gasteiger partial charge is 0.428 e. The molecule has 8 nitrogen and oxygen atoms in total. The van der Waals surface area contributed by atoms with E-state index in [9.17, 15) is 31.3 Å². The molecule has 1 aromatic carbocycles. The molecular formula is C15H9F2I2O8S2-. The molecule has 3 aliphatic rings. The summed E-state index contributed by atoms with van der Waals surface area (Å²) in [5, 5.41) is -6.25. The Labute approximate surface area is 194 Å². The van der Waals surface area contributed by atoms with Crippen molar-refractivity contribution >= 4 is 79.0 Å². The third-order valence-corrected chi connectivity index (χ3v) is 10.1. The molecule has 1 spiro atoms. The Balaban J connectivity index is 1.52. The number of esters is 2. The number of halogens is 4. The van der Waals surface area contributed by atoms with Crippen molar-refractivity contribution in [2.75, 3.05) is 0 Å². The van der Waals surface area contributed by atoms with E-state index in [2.05, 4.69) is 49.9 Å². The van der Waals surface area contributed by atoms with Crippen molar-refractivity contribution in [1.82, 2.24) is 0 Å². The Morgan fingerprint density at radius 3 is 2.55 bits per heavy atom. The highest BCUT2D eigenvalue weighted by Gasteiger charge is 2.64. The lowest BCUT2D eigenvalue weighted by Gasteiger charge is -2.41. The minimum atomic E-state index is -6.19. The zero-order chi connectivity index (χ0) is 21.4. The molecule has 4 unspecified atom stereocenters. The highest BCUT2D eigenvalue weighted by molar-refractivity contribution is 14.1. The average molecular weight is 673 g/mol. The van der Waals surface area contributed by atoms with Gasteiger partial charge in [0.05, 0.1) is 5.25 Å². The van der Waals surface area contributed by atoms with Crippen LogP contribution in [0.3, 0.4) is 0 Å². The molecule has 1 aromatic rings. The Kier molecular flexibility index (Phi) is 5.27. The van der Waals surface area contributed by atoms with Crippen LogP contribution in [-0.2, 0) is 24.4 Å². The van der Waals surface area contributed by atoms with Gasteiger partial charge in [-0.3, -0.25) is 0 Å². The van der Waals surface area contributed by atoms with E-state index in [0.29, 0.717) is 5.75 Å². The number of ether oxygens (including phenoxy) is 3. The van der Waals surface area contributed by atoms with Crippen LogP contribution in [0.5, 0.6) is 5.75 Å². The van der Waals surface area contributed by atoms with E-state index >= 15 is 0 Å². The van der Waals surface area contributed by atoms with Gasteiger partial charge in [-0.15, -0.1) is 11.8 Å². The lowest BCUT2D eigenvalue weighted by atomic mass is 9.90. The summed E-state index contributed by atoms with van der Waals surface area (Å²) in [4.78, 5) is 24.0. The van der Waals surface area contributed by atoms with Gasteiger partial charge in [0.2, 0.25) is 0 Å². The Morgan fingerprint density at radius 2 is 1.97 bits per heavy atom. The molecule has 3 heterocycles. The standard InChI is InChI=1S/C15H10F2I2O8S2/c16-15(17,29(22,23)24)13(21)25-9-3-11-14(4-10(9)28-11)26-8-2-7(19)6(18)1-5(8)12(20)27-14/h1-2,9-11H,3-4H2,(H,22,23,24)/p-1. The van der Waals surface area contributed by atoms with E-state index in [1.807, 2.05) is 0 Å². The van der Waals surface area contributed by atoms with E-state index in [-0.39, 0.29) is 18.4 Å². The highest BCUT2D eigenvalue weighted by Crippen LogP contribution is 2.56. The fourth-order valence-electron chi connectivity index (χ4n) is 3.43. The first-order chi connectivity index (χ1) is 13.3. The molecule has 4 atom stereocenters. The van der Waals surface area contributed by atoms with Crippen LogP contribution in [0.15, 0.2) is 12.1 Å². The number of carbonyl (C=O) groups excluding carboxylic acids is 2. The quantitative estimate of drug-likeness (QED) is 0.271. The number of fused-ring (bicyclic) bond motifs is 4. The molecule has 2 fully saturated rings. The molecule has 0 aromatic heterocycles. The molecule has 158 valence electrons. The van der Waals surface area contributed by atoms with Crippen molar-refractivity contribution in [3.8, 4) is 5.75 Å². The summed E-state index contributed by atoms with van der Waals surface area (Å²) in [7, 11) is -6.19. The third-order valence-electron chi connectivity index (χ3n) is 4.78. The lowest BCUT2D eigenvalue weighted by molar-refractivity contribution is -0.185. The predicted octanol–water partition coefficient (Wildman–Crippen LogP) is 2.47. The molecule has 3 aliphatic heterocycles. The van der Waals surface area contributed by atoms with Gasteiger partial charge in [0.1, 0.15) is 17.4 Å². The first-order valence-corrected chi connectivity index (χ1v) is 12.5. The van der Waals surface area contributed by atoms with E-state index < -0.39 is 49.7 Å². The molecule has 0 saturated carbocycles. The summed E-state index contributed by atoms with van der Waals surface area (Å²) >= 11 is 5.40. The topological polar surface area (TPSA) is 119 Å². The van der Waals surface area contributed by atoms with Crippen molar-refractivity contribution in [2.45, 2.75) is 40.5 Å². The molecule has 14 heteroatoms. The third kappa shape index (κ3) is 3.51. The highest BCUT2D eigenvalue weighted by atomic mass is 127. The van der Waals surface area contributed by atoms with Crippen LogP contribution in [0, 0.1) is 7.14 Å². The van der Waals surface area contributed by atoms with Gasteiger partial charge in [-0.1, -0.05) is 0 Å². The Bertz CT molecular complexity index is 1030. The molecule has 2 bridgehead atoms. The fourth-order valence-corrected chi connectivity index (χ4v) is 6.38. The van der Waals surface area contributed by atoms with Gasteiger partial charge in [-0.25, -0.2) is 18.0 Å². The SMILES string of the molecule is O=C1OC2(CC3SC2CC3OC(=O)C(F)(F)S(=O)(=O)[O-])Oc2cc(I)c(I)cc21. The maximum Gasteiger partial charge on any atom is 0.428 e. The zero-order valence-electron chi connectivity index (χ0n) is 13.9. The van der Waals surface area contributed by atoms with Gasteiger partial charge in [0.15, 0.2) is 10.1 Å². The summed E-state index contributed by atoms with van der Waals surface area (Å²) in [5.41, 5.74) is 0.275. The van der Waals surface area contributed by atoms with Crippen LogP contribution in [-0.4, -0.2) is 52.6 Å². The van der Waals surface area contributed by atoms with Gasteiger partial charge in [-0.2, -0.15) is 8.78 Å². The van der Waals surface area contributed by atoms with Crippen LogP contribution in [0.25, 0.3) is 0 Å². The number of rotatable bonds is 3. The van der Waals surface area contributed by atoms with Crippen LogP contribution in [0.1, 0.15) is 23.2 Å². The van der Waals surface area contributed by atoms with E-state index in [1.54, 1.807) is 12.1 Å². The molecule has 29 heavy (non-hydrogen) atoms. The minimum absolute atomic E-state index is 0.000131. The normalized spacial score (nSPS) is 30.7. The molecule has 2 saturated heterocycles. The second kappa shape index (κ2) is 7.03. The van der Waals surface area contributed by atoms with E-state index in [4.69, 9.17) is 9.47 Å². The van der Waals surface area contributed by atoms with E-state index in [0.717, 1.165) is 7.14 Å². The maximum atomic E-state index is 13.4. The number of hydrogen-bond donors (Lipinski definition) is 0. The van der Waals surface area contributed by atoms with Gasteiger partial charge >= 0.3 is 17.2 Å². The largest absolute Gasteiger partial charge is 0.743 e. The van der Waals surface area contributed by atoms with Gasteiger partial charge in [0.25, 0.3) is 5.79 Å². The van der Waals surface area contributed by atoms with Crippen LogP contribution >= 0.6 is 56.9 Å². The molecular weight excluding hydrogens is 664 g/mol. The van der Waals surface area contributed by atoms with Gasteiger partial charge < -0.3 is 18.8 Å². The second-order valence-corrected chi connectivity index (χ2v) is 11.8. The number of benzene rings is 1. The molecule has 0 N–H and O–H groups in total. The summed E-state index contributed by atoms with van der Waals surface area (Å²) in [6.45, 7) is 0. The summed E-state index contributed by atoms with van der Waals surface area (Å²) in [5.74, 6) is -3.97. The summed E-state index contributed by atoms with van der Waals surface area (Å²) < 4.78 is 76.4. The van der Waals surface area contributed by atoms with E-state index in [1.165, 1.54) is 11.8 Å². The Hall–Kier alpha value is -0.460. The number of hydrogen-bond acceptors (Lipinski definition) is 9. The number of alkyl halides is 2. The second-order valence-electron chi connectivity index (χ2n) is 6.58. The molecule has 0 aliphatic carbocycles. The monoisotopic (exact) mass is 673 g/mol. The number of thioether (sulfide) groups is 1. The number of carbonyl (C=O) groups is 2. The van der Waals surface area contributed by atoms with Crippen LogP contribution in [0.2, 0.25) is 0 Å². The van der Waals surface area contributed by atoms with Gasteiger partial charge in [-0.05, 0) is 57.3 Å². The van der Waals surface area contributed by atoms with Crippen molar-refractivity contribution in [1.29, 1.82) is 0 Å². The maximum absolute atomic E-state index is 13.4. The first-order valence-electron chi connectivity index (χ1n) is 7.95. The van der Waals surface area contributed by atoms with Crippen LogP contribution in [0.4, 0.5) is 8.78 Å². The molecule has 0 radical (unpaired) electrons. The molecule has 4 rings (SSSR count). The molecule has 0 amide bonds. The lowest BCUT2D eigenvalue weighted by Crippen LogP contribution is -2.54. The van der Waals surface area contributed by atoms with Gasteiger partial charge in [0, 0.05) is 25.2 Å². The van der Waals surface area contributed by atoms with Crippen molar-refractivity contribution in [2.24, 2.45) is 0 Å². The summed E-state index contributed by atoms with van der Waals surface area (Å²) in [6, 6.07) is 3.34. The van der Waals surface area contributed by atoms with Crippen molar-refractivity contribution < 1.29 is 45.6 Å². The predicted molar refractivity (Wildman–Crippen MR) is 110 cm³/mol. The van der Waals surface area contributed by atoms with Crippen molar-refractivity contribution in [3.05, 3.63) is 24.8 Å². The van der Waals surface area contributed by atoms with Crippen molar-refractivity contribution in [3.63, 3.8) is 0 Å². The zero-order valence-corrected chi connectivity index (χ0v) is 19.8. The summed E-state index contributed by atoms with van der Waals surface area (Å²) in [6.07, 6.45) is -1.000. The van der Waals surface area contributed by atoms with Crippen LogP contribution < -0.4 is 4.74 Å². The minimum Gasteiger partial charge on any atom is -0.743 e. The first kappa shape index (κ1) is 21.8. The average Bonchev–Trinajstić information content (AvgIpc) is 3.13. The fraction of sp³-hybridized carbons (Fsp3) is 0.467. The Morgan fingerprint density at radius 1 is 1.31 bits per heavy atom.